The van der Waals surface area contributed by atoms with Gasteiger partial charge in [-0.15, -0.1) is 9.60 Å². The highest BCUT2D eigenvalue weighted by atomic mass is 32.2. The molecular formula is C6H12FNS. The Morgan fingerprint density at radius 3 is 2.44 bits per heavy atom. The summed E-state index contributed by atoms with van der Waals surface area (Å²) in [5.74, 6) is 0. The van der Waals surface area contributed by atoms with Crippen molar-refractivity contribution in [2.75, 3.05) is 19.3 Å². The van der Waals surface area contributed by atoms with Crippen molar-refractivity contribution in [1.82, 2.24) is 5.12 Å². The fraction of sp³-hybridized carbons (Fsp3) is 1.00. The third-order valence-corrected chi connectivity index (χ3v) is 2.86. The molecule has 0 N–H and O–H groups in total. The summed E-state index contributed by atoms with van der Waals surface area (Å²) < 4.78 is 12.3. The Balaban J connectivity index is 2.18. The molecule has 54 valence electrons. The van der Waals surface area contributed by atoms with Crippen LogP contribution in [0.3, 0.4) is 0 Å². The highest BCUT2D eigenvalue weighted by molar-refractivity contribution is 7.99. The van der Waals surface area contributed by atoms with Crippen molar-refractivity contribution in [1.29, 1.82) is 0 Å². The van der Waals surface area contributed by atoms with Gasteiger partial charge in [0.15, 0.2) is 0 Å². The number of hydrogen-bond acceptors (Lipinski definition) is 2. The van der Waals surface area contributed by atoms with Gasteiger partial charge in [0.05, 0.1) is 0 Å². The zero-order chi connectivity index (χ0) is 6.69. The number of hydrogen-bond donors (Lipinski definition) is 0. The molecule has 0 aromatic heterocycles. The first-order chi connectivity index (χ1) is 4.33. The lowest BCUT2D eigenvalue weighted by Gasteiger charge is -2.23. The highest BCUT2D eigenvalue weighted by Crippen LogP contribution is 2.20. The molecule has 1 nitrogen and oxygen atoms in total. The fourth-order valence-electron chi connectivity index (χ4n) is 1.06. The van der Waals surface area contributed by atoms with Crippen LogP contribution in [0.2, 0.25) is 0 Å². The SMILES string of the molecule is CSC1CCN(F)CC1. The molecule has 0 aromatic rings. The molecule has 0 atom stereocenters. The number of halogens is 1. The topological polar surface area (TPSA) is 3.24 Å². The molecule has 1 heterocycles. The summed E-state index contributed by atoms with van der Waals surface area (Å²) >= 11 is 1.85. The molecule has 1 saturated heterocycles. The molecule has 0 amide bonds. The number of nitrogens with zero attached hydrogens (tertiary/aromatic N) is 1. The van der Waals surface area contributed by atoms with E-state index in [0.717, 1.165) is 18.0 Å². The Bertz CT molecular complexity index is 81.1. The van der Waals surface area contributed by atoms with E-state index in [1.807, 2.05) is 11.8 Å². The van der Waals surface area contributed by atoms with E-state index in [2.05, 4.69) is 6.26 Å². The summed E-state index contributed by atoms with van der Waals surface area (Å²) in [5, 5.41) is 1.62. The Kier molecular flexibility index (Phi) is 2.79. The molecule has 0 bridgehead atoms. The lowest BCUT2D eigenvalue weighted by Crippen LogP contribution is -2.28. The van der Waals surface area contributed by atoms with Crippen LogP contribution in [-0.4, -0.2) is 29.7 Å². The third kappa shape index (κ3) is 2.14. The van der Waals surface area contributed by atoms with Gasteiger partial charge < -0.3 is 0 Å². The minimum absolute atomic E-state index is 0.630. The van der Waals surface area contributed by atoms with Gasteiger partial charge >= 0.3 is 0 Å². The smallest absolute Gasteiger partial charge is 0.0301 e. The van der Waals surface area contributed by atoms with Crippen molar-refractivity contribution < 1.29 is 4.48 Å². The summed E-state index contributed by atoms with van der Waals surface area (Å²) in [6, 6.07) is 0. The molecule has 0 saturated carbocycles. The zero-order valence-corrected chi connectivity index (χ0v) is 6.46. The molecule has 3 heteroatoms. The van der Waals surface area contributed by atoms with Crippen LogP contribution in [0.4, 0.5) is 4.48 Å². The van der Waals surface area contributed by atoms with Gasteiger partial charge in [-0.3, -0.25) is 0 Å². The van der Waals surface area contributed by atoms with Crippen molar-refractivity contribution in [2.45, 2.75) is 18.1 Å². The second-order valence-corrected chi connectivity index (χ2v) is 3.48. The van der Waals surface area contributed by atoms with Crippen LogP contribution in [0.5, 0.6) is 0 Å². The number of piperidine rings is 1. The van der Waals surface area contributed by atoms with Crippen molar-refractivity contribution in [3.63, 3.8) is 0 Å². The standard InChI is InChI=1S/C6H12FNS/c1-9-6-2-4-8(7)5-3-6/h6H,2-5H2,1H3. The van der Waals surface area contributed by atoms with E-state index in [9.17, 15) is 4.48 Å². The van der Waals surface area contributed by atoms with Crippen LogP contribution in [0.25, 0.3) is 0 Å². The minimum atomic E-state index is 0.630. The quantitative estimate of drug-likeness (QED) is 0.522. The maximum absolute atomic E-state index is 12.3. The molecule has 1 rings (SSSR count). The average molecular weight is 149 g/mol. The summed E-state index contributed by atoms with van der Waals surface area (Å²) in [7, 11) is 0. The molecule has 0 aliphatic carbocycles. The van der Waals surface area contributed by atoms with E-state index in [1.54, 1.807) is 0 Å². The number of rotatable bonds is 1. The van der Waals surface area contributed by atoms with Gasteiger partial charge in [-0.2, -0.15) is 11.8 Å². The Morgan fingerprint density at radius 1 is 1.44 bits per heavy atom. The van der Waals surface area contributed by atoms with E-state index >= 15 is 0 Å². The molecule has 0 radical (unpaired) electrons. The predicted molar refractivity (Wildman–Crippen MR) is 39.2 cm³/mol. The Labute approximate surface area is 59.5 Å². The van der Waals surface area contributed by atoms with Crippen molar-refractivity contribution in [3.05, 3.63) is 0 Å². The molecule has 0 aromatic carbocycles. The highest BCUT2D eigenvalue weighted by Gasteiger charge is 2.16. The van der Waals surface area contributed by atoms with Gasteiger partial charge in [0.25, 0.3) is 0 Å². The van der Waals surface area contributed by atoms with Crippen LogP contribution in [0.15, 0.2) is 0 Å². The maximum atomic E-state index is 12.3. The van der Waals surface area contributed by atoms with E-state index in [4.69, 9.17) is 0 Å². The molecule has 1 aliphatic rings. The van der Waals surface area contributed by atoms with Crippen molar-refractivity contribution >= 4 is 11.8 Å². The second-order valence-electron chi connectivity index (χ2n) is 2.34. The fourth-order valence-corrected chi connectivity index (χ4v) is 1.74. The minimum Gasteiger partial charge on any atom is -0.162 e. The third-order valence-electron chi connectivity index (χ3n) is 1.72. The van der Waals surface area contributed by atoms with Gasteiger partial charge in [0.2, 0.25) is 0 Å². The average Bonchev–Trinajstić information content (AvgIpc) is 1.90. The van der Waals surface area contributed by atoms with Crippen LogP contribution in [-0.2, 0) is 0 Å². The zero-order valence-electron chi connectivity index (χ0n) is 5.64. The summed E-state index contributed by atoms with van der Waals surface area (Å²) in [6.07, 6.45) is 4.12. The van der Waals surface area contributed by atoms with Crippen molar-refractivity contribution in [2.24, 2.45) is 0 Å². The monoisotopic (exact) mass is 149 g/mol. The van der Waals surface area contributed by atoms with Crippen LogP contribution < -0.4 is 0 Å². The molecule has 0 unspecified atom stereocenters. The lowest BCUT2D eigenvalue weighted by molar-refractivity contribution is 0.00795. The van der Waals surface area contributed by atoms with Crippen LogP contribution >= 0.6 is 11.8 Å². The first-order valence-corrected chi connectivity index (χ1v) is 4.55. The summed E-state index contributed by atoms with van der Waals surface area (Å²) in [6.45, 7) is 1.26. The number of thioether (sulfide) groups is 1. The lowest BCUT2D eigenvalue weighted by atomic mass is 10.2. The van der Waals surface area contributed by atoms with Crippen LogP contribution in [0.1, 0.15) is 12.8 Å². The van der Waals surface area contributed by atoms with Gasteiger partial charge in [0.1, 0.15) is 0 Å². The molecule has 0 spiro atoms. The summed E-state index contributed by atoms with van der Waals surface area (Å²) in [4.78, 5) is 0. The van der Waals surface area contributed by atoms with E-state index in [-0.39, 0.29) is 0 Å². The second kappa shape index (κ2) is 3.42. The maximum Gasteiger partial charge on any atom is 0.0301 e. The van der Waals surface area contributed by atoms with Gasteiger partial charge in [-0.25, -0.2) is 0 Å². The molecule has 1 aliphatic heterocycles. The normalized spacial score (nSPS) is 24.7. The molecule has 9 heavy (non-hydrogen) atoms. The largest absolute Gasteiger partial charge is 0.162 e. The van der Waals surface area contributed by atoms with E-state index in [1.165, 1.54) is 0 Å². The van der Waals surface area contributed by atoms with Crippen molar-refractivity contribution in [3.8, 4) is 0 Å². The van der Waals surface area contributed by atoms with Gasteiger partial charge in [-0.05, 0) is 19.1 Å². The molecule has 1 fully saturated rings. The van der Waals surface area contributed by atoms with E-state index in [0.29, 0.717) is 18.3 Å². The Morgan fingerprint density at radius 2 is 2.00 bits per heavy atom. The van der Waals surface area contributed by atoms with Crippen LogP contribution in [0, 0.1) is 0 Å². The molecular weight excluding hydrogens is 137 g/mol. The predicted octanol–water partition coefficient (Wildman–Crippen LogP) is 1.70. The van der Waals surface area contributed by atoms with E-state index < -0.39 is 0 Å². The Hall–Kier alpha value is 0.240. The first kappa shape index (κ1) is 7.35. The first-order valence-electron chi connectivity index (χ1n) is 3.26. The van der Waals surface area contributed by atoms with Gasteiger partial charge in [-0.1, -0.05) is 0 Å². The summed E-state index contributed by atoms with van der Waals surface area (Å²) in [5.41, 5.74) is 0. The van der Waals surface area contributed by atoms with Gasteiger partial charge in [0, 0.05) is 18.3 Å².